The fourth-order valence-electron chi connectivity index (χ4n) is 2.64. The number of hydrogen-bond donors (Lipinski definition) is 3. The summed E-state index contributed by atoms with van der Waals surface area (Å²) < 4.78 is 5.69. The molecule has 3 aliphatic rings. The first-order valence-corrected chi connectivity index (χ1v) is 6.24. The van der Waals surface area contributed by atoms with Crippen molar-refractivity contribution in [1.29, 1.82) is 0 Å². The Morgan fingerprint density at radius 1 is 1.42 bits per heavy atom. The third-order valence-electron chi connectivity index (χ3n) is 3.69. The number of aliphatic hydroxyl groups excluding tert-OH is 3. The number of aliphatic hydroxyl groups is 3. The minimum Gasteiger partial charge on any atom is -0.508 e. The van der Waals surface area contributed by atoms with Crippen LogP contribution in [0.2, 0.25) is 0 Å². The molecule has 3 heterocycles. The van der Waals surface area contributed by atoms with Gasteiger partial charge in [0.1, 0.15) is 11.5 Å². The summed E-state index contributed by atoms with van der Waals surface area (Å²) in [5.41, 5.74) is 0.0136. The lowest BCUT2D eigenvalue weighted by Gasteiger charge is -2.46. The number of carbonyl (C=O) groups excluding carboxylic acids is 1. The van der Waals surface area contributed by atoms with Crippen molar-refractivity contribution in [2.75, 3.05) is 13.1 Å². The van der Waals surface area contributed by atoms with Crippen LogP contribution in [-0.2, 0) is 9.53 Å². The Kier molecular flexibility index (Phi) is 2.68. The molecule has 3 atom stereocenters. The van der Waals surface area contributed by atoms with Crippen LogP contribution in [0.1, 0.15) is 13.3 Å². The van der Waals surface area contributed by atoms with E-state index in [4.69, 9.17) is 4.74 Å². The third kappa shape index (κ3) is 1.77. The molecule has 3 N–H and O–H groups in total. The highest BCUT2D eigenvalue weighted by Crippen LogP contribution is 2.31. The maximum atomic E-state index is 12.3. The molecule has 0 aromatic carbocycles. The van der Waals surface area contributed by atoms with Crippen LogP contribution in [0.4, 0.5) is 0 Å². The second-order valence-corrected chi connectivity index (χ2v) is 5.03. The van der Waals surface area contributed by atoms with Gasteiger partial charge in [0.15, 0.2) is 18.1 Å². The van der Waals surface area contributed by atoms with E-state index in [0.717, 1.165) is 6.42 Å². The van der Waals surface area contributed by atoms with Gasteiger partial charge in [-0.3, -0.25) is 4.79 Å². The largest absolute Gasteiger partial charge is 0.508 e. The Labute approximate surface area is 110 Å². The summed E-state index contributed by atoms with van der Waals surface area (Å²) in [5.74, 6) is -1.28. The molecule has 0 aromatic rings. The minimum atomic E-state index is -1.53. The SMILES string of the molecule is C[C@@H]1CCN2C(=O)C3=C(O)C(O)C(O)=CN3C[C@@H]2O1. The van der Waals surface area contributed by atoms with E-state index in [-0.39, 0.29) is 23.5 Å². The fraction of sp³-hybridized carbons (Fsp3) is 0.583. The maximum Gasteiger partial charge on any atom is 0.276 e. The van der Waals surface area contributed by atoms with Gasteiger partial charge in [-0.25, -0.2) is 0 Å². The van der Waals surface area contributed by atoms with Crippen molar-refractivity contribution in [3.05, 3.63) is 23.4 Å². The molecular formula is C12H16N2O5. The van der Waals surface area contributed by atoms with Gasteiger partial charge in [0.2, 0.25) is 0 Å². The number of carbonyl (C=O) groups is 1. The van der Waals surface area contributed by atoms with E-state index in [0.29, 0.717) is 13.1 Å². The third-order valence-corrected chi connectivity index (χ3v) is 3.69. The van der Waals surface area contributed by atoms with E-state index in [9.17, 15) is 20.1 Å². The normalized spacial score (nSPS) is 34.9. The predicted octanol–water partition coefficient (Wildman–Crippen LogP) is -0.191. The smallest absolute Gasteiger partial charge is 0.276 e. The number of amides is 1. The number of ether oxygens (including phenoxy) is 1. The highest BCUT2D eigenvalue weighted by atomic mass is 16.5. The molecule has 1 amide bonds. The van der Waals surface area contributed by atoms with E-state index in [2.05, 4.69) is 0 Å². The van der Waals surface area contributed by atoms with Gasteiger partial charge in [-0.05, 0) is 13.3 Å². The van der Waals surface area contributed by atoms with E-state index < -0.39 is 18.1 Å². The number of hydrogen-bond acceptors (Lipinski definition) is 6. The summed E-state index contributed by atoms with van der Waals surface area (Å²) in [6.07, 6.45) is 0.141. The molecule has 0 saturated carbocycles. The van der Waals surface area contributed by atoms with Crippen LogP contribution in [0.5, 0.6) is 0 Å². The van der Waals surface area contributed by atoms with Crippen molar-refractivity contribution in [1.82, 2.24) is 9.80 Å². The minimum absolute atomic E-state index is 0.0136. The van der Waals surface area contributed by atoms with Gasteiger partial charge >= 0.3 is 0 Å². The average molecular weight is 268 g/mol. The van der Waals surface area contributed by atoms with E-state index >= 15 is 0 Å². The second-order valence-electron chi connectivity index (χ2n) is 5.03. The summed E-state index contributed by atoms with van der Waals surface area (Å²) in [4.78, 5) is 15.3. The van der Waals surface area contributed by atoms with Crippen molar-refractivity contribution < 1.29 is 24.9 Å². The first-order chi connectivity index (χ1) is 8.99. The Morgan fingerprint density at radius 2 is 2.16 bits per heavy atom. The Morgan fingerprint density at radius 3 is 2.89 bits per heavy atom. The first kappa shape index (κ1) is 12.3. The lowest BCUT2D eigenvalue weighted by atomic mass is 10.0. The molecule has 3 aliphatic heterocycles. The summed E-state index contributed by atoms with van der Waals surface area (Å²) in [6.45, 7) is 2.82. The molecule has 0 spiro atoms. The van der Waals surface area contributed by atoms with Gasteiger partial charge in [-0.2, -0.15) is 0 Å². The Balaban J connectivity index is 1.96. The zero-order valence-electron chi connectivity index (χ0n) is 10.5. The number of nitrogens with zero attached hydrogens (tertiary/aromatic N) is 2. The second kappa shape index (κ2) is 4.14. The number of fused-ring (bicyclic) bond motifs is 2. The van der Waals surface area contributed by atoms with Gasteiger partial charge in [0.05, 0.1) is 12.6 Å². The van der Waals surface area contributed by atoms with Crippen molar-refractivity contribution in [2.24, 2.45) is 0 Å². The predicted molar refractivity (Wildman–Crippen MR) is 63.7 cm³/mol. The van der Waals surface area contributed by atoms with Gasteiger partial charge in [0, 0.05) is 12.7 Å². The first-order valence-electron chi connectivity index (χ1n) is 6.24. The van der Waals surface area contributed by atoms with Crippen LogP contribution >= 0.6 is 0 Å². The molecule has 7 nitrogen and oxygen atoms in total. The van der Waals surface area contributed by atoms with Crippen molar-refractivity contribution in [3.8, 4) is 0 Å². The van der Waals surface area contributed by atoms with Gasteiger partial charge in [-0.15, -0.1) is 0 Å². The van der Waals surface area contributed by atoms with Crippen LogP contribution in [-0.4, -0.2) is 62.6 Å². The van der Waals surface area contributed by atoms with Crippen molar-refractivity contribution in [2.45, 2.75) is 31.8 Å². The maximum absolute atomic E-state index is 12.3. The summed E-state index contributed by atoms with van der Waals surface area (Å²) >= 11 is 0. The standard InChI is InChI=1S/C12H16N2O5/c1-6-2-3-14-8(19-6)5-13-4-7(15)10(16)11(17)9(13)12(14)18/h4,6,8,10,15-17H,2-3,5H2,1H3/t6-,8+,10?/m1/s1. The zero-order chi connectivity index (χ0) is 13.7. The number of rotatable bonds is 0. The molecule has 0 radical (unpaired) electrons. The molecule has 7 heteroatoms. The van der Waals surface area contributed by atoms with Crippen molar-refractivity contribution in [3.63, 3.8) is 0 Å². The topological polar surface area (TPSA) is 93.5 Å². The Bertz CT molecular complexity index is 487. The van der Waals surface area contributed by atoms with Gasteiger partial charge in [0.25, 0.3) is 5.91 Å². The summed E-state index contributed by atoms with van der Waals surface area (Å²) in [6, 6.07) is 0. The quantitative estimate of drug-likeness (QED) is 0.564. The van der Waals surface area contributed by atoms with Crippen LogP contribution in [0.25, 0.3) is 0 Å². The highest BCUT2D eigenvalue weighted by molar-refractivity contribution is 5.95. The van der Waals surface area contributed by atoms with Crippen LogP contribution in [0.15, 0.2) is 23.4 Å². The zero-order valence-corrected chi connectivity index (χ0v) is 10.5. The number of piperazine rings is 1. The molecule has 0 aromatic heterocycles. The summed E-state index contributed by atoms with van der Waals surface area (Å²) in [5, 5.41) is 29.0. The lowest BCUT2D eigenvalue weighted by Crippen LogP contribution is -2.59. The Hall–Kier alpha value is -1.73. The molecule has 19 heavy (non-hydrogen) atoms. The van der Waals surface area contributed by atoms with E-state index in [1.54, 1.807) is 4.90 Å². The van der Waals surface area contributed by atoms with E-state index in [1.165, 1.54) is 11.1 Å². The summed E-state index contributed by atoms with van der Waals surface area (Å²) in [7, 11) is 0. The molecule has 0 bridgehead atoms. The fourth-order valence-corrected chi connectivity index (χ4v) is 2.64. The molecule has 2 saturated heterocycles. The van der Waals surface area contributed by atoms with E-state index in [1.807, 2.05) is 6.92 Å². The molecule has 2 fully saturated rings. The van der Waals surface area contributed by atoms with Gasteiger partial charge < -0.3 is 29.9 Å². The molecule has 0 aliphatic carbocycles. The molecule has 3 rings (SSSR count). The molecule has 1 unspecified atom stereocenters. The van der Waals surface area contributed by atoms with Gasteiger partial charge in [-0.1, -0.05) is 0 Å². The van der Waals surface area contributed by atoms with Crippen LogP contribution in [0, 0.1) is 0 Å². The van der Waals surface area contributed by atoms with Crippen molar-refractivity contribution >= 4 is 5.91 Å². The molecule has 104 valence electrons. The van der Waals surface area contributed by atoms with Crippen LogP contribution < -0.4 is 0 Å². The molecular weight excluding hydrogens is 252 g/mol. The average Bonchev–Trinajstić information content (AvgIpc) is 2.35. The monoisotopic (exact) mass is 268 g/mol. The van der Waals surface area contributed by atoms with Crippen LogP contribution in [0.3, 0.4) is 0 Å². The highest BCUT2D eigenvalue weighted by Gasteiger charge is 2.44. The lowest BCUT2D eigenvalue weighted by molar-refractivity contribution is -0.174.